The average Bonchev–Trinajstić information content (AvgIpc) is 2.71. The number of benzene rings is 1. The van der Waals surface area contributed by atoms with Crippen LogP contribution in [0.4, 0.5) is 14.7 Å². The molecule has 0 spiro atoms. The van der Waals surface area contributed by atoms with Crippen molar-refractivity contribution in [2.24, 2.45) is 5.73 Å². The second kappa shape index (κ2) is 7.54. The Labute approximate surface area is 166 Å². The van der Waals surface area contributed by atoms with Gasteiger partial charge in [-0.3, -0.25) is 9.78 Å². The molecule has 1 fully saturated rings. The quantitative estimate of drug-likeness (QED) is 0.668. The number of aromatic nitrogens is 3. The first-order chi connectivity index (χ1) is 14.0. The summed E-state index contributed by atoms with van der Waals surface area (Å²) < 4.78 is 27.8. The first-order valence-corrected chi connectivity index (χ1v) is 9.18. The zero-order valence-electron chi connectivity index (χ0n) is 15.5. The van der Waals surface area contributed by atoms with Gasteiger partial charge in [0.1, 0.15) is 12.0 Å². The number of rotatable bonds is 6. The van der Waals surface area contributed by atoms with E-state index in [1.807, 2.05) is 18.2 Å². The number of alkyl halides is 1. The molecule has 3 N–H and O–H groups in total. The monoisotopic (exact) mass is 395 g/mol. The number of pyridine rings is 1. The Morgan fingerprint density at radius 2 is 1.93 bits per heavy atom. The third-order valence-electron chi connectivity index (χ3n) is 5.23. The molecule has 2 aromatic heterocycles. The summed E-state index contributed by atoms with van der Waals surface area (Å²) in [6.07, 6.45) is 4.56. The zero-order valence-corrected chi connectivity index (χ0v) is 15.5. The fourth-order valence-electron chi connectivity index (χ4n) is 3.62. The Hall–Kier alpha value is -3.42. The summed E-state index contributed by atoms with van der Waals surface area (Å²) >= 11 is 0. The topological polar surface area (TPSA) is 93.8 Å². The summed E-state index contributed by atoms with van der Waals surface area (Å²) in [6, 6.07) is 9.48. The fraction of sp³-hybridized carbons (Fsp3) is 0.238. The SMILES string of the molecule is NC(=O)c1ccc(F)c(-c2cnc(NCC3(c4ccccn4)CC(F)C3)nc2)c1. The number of hydrogen-bond donors (Lipinski definition) is 2. The summed E-state index contributed by atoms with van der Waals surface area (Å²) in [5, 5.41) is 3.13. The standard InChI is InChI=1S/C21H19F2N5O/c22-15-8-21(9-15,18-3-1-2-6-25-18)12-28-20-26-10-14(11-27-20)16-7-13(19(24)29)4-5-17(16)23/h1-7,10-11,15H,8-9,12H2,(H2,24,29)(H,26,27,28). The van der Waals surface area contributed by atoms with Crippen LogP contribution in [-0.4, -0.2) is 33.6 Å². The van der Waals surface area contributed by atoms with Gasteiger partial charge >= 0.3 is 0 Å². The molecule has 0 saturated heterocycles. The van der Waals surface area contributed by atoms with Crippen LogP contribution >= 0.6 is 0 Å². The van der Waals surface area contributed by atoms with Gasteiger partial charge in [-0.2, -0.15) is 0 Å². The second-order valence-electron chi connectivity index (χ2n) is 7.21. The zero-order chi connectivity index (χ0) is 20.4. The lowest BCUT2D eigenvalue weighted by Crippen LogP contribution is -2.48. The molecule has 1 aromatic carbocycles. The van der Waals surface area contributed by atoms with E-state index in [1.54, 1.807) is 6.20 Å². The van der Waals surface area contributed by atoms with Crippen molar-refractivity contribution < 1.29 is 13.6 Å². The smallest absolute Gasteiger partial charge is 0.248 e. The second-order valence-corrected chi connectivity index (χ2v) is 7.21. The minimum Gasteiger partial charge on any atom is -0.366 e. The Balaban J connectivity index is 1.50. The van der Waals surface area contributed by atoms with Crippen LogP contribution in [0.25, 0.3) is 11.1 Å². The maximum Gasteiger partial charge on any atom is 0.248 e. The Morgan fingerprint density at radius 3 is 2.55 bits per heavy atom. The molecule has 0 bridgehead atoms. The molecule has 3 aromatic rings. The van der Waals surface area contributed by atoms with E-state index >= 15 is 0 Å². The lowest BCUT2D eigenvalue weighted by atomic mass is 9.65. The van der Waals surface area contributed by atoms with Crippen molar-refractivity contribution in [3.63, 3.8) is 0 Å². The van der Waals surface area contributed by atoms with Gasteiger partial charge in [0.05, 0.1) is 0 Å². The van der Waals surface area contributed by atoms with E-state index in [0.717, 1.165) is 5.69 Å². The molecule has 0 aliphatic heterocycles. The molecule has 1 aliphatic rings. The normalized spacial score (nSPS) is 20.7. The highest BCUT2D eigenvalue weighted by atomic mass is 19.1. The third-order valence-corrected chi connectivity index (χ3v) is 5.23. The number of nitrogens with zero attached hydrogens (tertiary/aromatic N) is 3. The predicted molar refractivity (Wildman–Crippen MR) is 104 cm³/mol. The lowest BCUT2D eigenvalue weighted by Gasteiger charge is -2.43. The average molecular weight is 395 g/mol. The molecule has 6 nitrogen and oxygen atoms in total. The van der Waals surface area contributed by atoms with Crippen LogP contribution in [0.3, 0.4) is 0 Å². The van der Waals surface area contributed by atoms with Crippen LogP contribution in [0.1, 0.15) is 28.9 Å². The highest BCUT2D eigenvalue weighted by Gasteiger charge is 2.47. The van der Waals surface area contributed by atoms with Gasteiger partial charge < -0.3 is 11.1 Å². The van der Waals surface area contributed by atoms with E-state index in [0.29, 0.717) is 30.9 Å². The summed E-state index contributed by atoms with van der Waals surface area (Å²) in [5.41, 5.74) is 6.51. The van der Waals surface area contributed by atoms with E-state index in [4.69, 9.17) is 5.73 Å². The van der Waals surface area contributed by atoms with E-state index < -0.39 is 23.3 Å². The first kappa shape index (κ1) is 18.9. The molecule has 0 unspecified atom stereocenters. The Bertz CT molecular complexity index is 1020. The van der Waals surface area contributed by atoms with Gasteiger partial charge in [0.15, 0.2) is 0 Å². The maximum atomic E-state index is 14.1. The number of amides is 1. The van der Waals surface area contributed by atoms with Gasteiger partial charge in [-0.15, -0.1) is 0 Å². The van der Waals surface area contributed by atoms with Gasteiger partial charge in [-0.1, -0.05) is 6.07 Å². The van der Waals surface area contributed by atoms with Crippen molar-refractivity contribution in [3.05, 3.63) is 72.1 Å². The number of anilines is 1. The van der Waals surface area contributed by atoms with E-state index in [9.17, 15) is 13.6 Å². The predicted octanol–water partition coefficient (Wildman–Crippen LogP) is 3.26. The third kappa shape index (κ3) is 3.78. The van der Waals surface area contributed by atoms with Crippen LogP contribution in [-0.2, 0) is 5.41 Å². The van der Waals surface area contributed by atoms with Gasteiger partial charge in [0.25, 0.3) is 0 Å². The van der Waals surface area contributed by atoms with Crippen molar-refractivity contribution >= 4 is 11.9 Å². The largest absolute Gasteiger partial charge is 0.366 e. The molecule has 1 aliphatic carbocycles. The molecule has 1 saturated carbocycles. The number of halogens is 2. The molecular formula is C21H19F2N5O. The van der Waals surface area contributed by atoms with Crippen molar-refractivity contribution in [2.75, 3.05) is 11.9 Å². The number of hydrogen-bond acceptors (Lipinski definition) is 5. The number of carbonyl (C=O) groups excluding carboxylic acids is 1. The van der Waals surface area contributed by atoms with Gasteiger partial charge in [-0.25, -0.2) is 18.7 Å². The highest BCUT2D eigenvalue weighted by Crippen LogP contribution is 2.44. The summed E-state index contributed by atoms with van der Waals surface area (Å²) in [6.45, 7) is 0.440. The molecule has 1 amide bonds. The Morgan fingerprint density at radius 1 is 1.17 bits per heavy atom. The van der Waals surface area contributed by atoms with Gasteiger partial charge in [0, 0.05) is 52.9 Å². The van der Waals surface area contributed by atoms with Crippen LogP contribution in [0, 0.1) is 5.82 Å². The molecule has 4 rings (SSSR count). The molecule has 29 heavy (non-hydrogen) atoms. The molecular weight excluding hydrogens is 376 g/mol. The van der Waals surface area contributed by atoms with Crippen LogP contribution < -0.4 is 11.1 Å². The number of nitrogens with two attached hydrogens (primary N) is 1. The fourth-order valence-corrected chi connectivity index (χ4v) is 3.62. The molecule has 2 heterocycles. The van der Waals surface area contributed by atoms with Crippen molar-refractivity contribution in [3.8, 4) is 11.1 Å². The van der Waals surface area contributed by atoms with E-state index in [1.165, 1.54) is 30.6 Å². The maximum absolute atomic E-state index is 14.1. The van der Waals surface area contributed by atoms with Gasteiger partial charge in [-0.05, 0) is 43.2 Å². The van der Waals surface area contributed by atoms with E-state index in [2.05, 4.69) is 20.3 Å². The van der Waals surface area contributed by atoms with E-state index in [-0.39, 0.29) is 11.1 Å². The summed E-state index contributed by atoms with van der Waals surface area (Å²) in [7, 11) is 0. The Kier molecular flexibility index (Phi) is 4.92. The minimum atomic E-state index is -0.845. The number of nitrogens with one attached hydrogen (secondary N) is 1. The first-order valence-electron chi connectivity index (χ1n) is 9.18. The highest BCUT2D eigenvalue weighted by molar-refractivity contribution is 5.94. The van der Waals surface area contributed by atoms with Crippen LogP contribution in [0.5, 0.6) is 0 Å². The molecule has 148 valence electrons. The molecule has 0 atom stereocenters. The minimum absolute atomic E-state index is 0.192. The summed E-state index contributed by atoms with van der Waals surface area (Å²) in [4.78, 5) is 24.2. The summed E-state index contributed by atoms with van der Waals surface area (Å²) in [5.74, 6) is -0.799. The molecule has 8 heteroatoms. The van der Waals surface area contributed by atoms with Crippen LogP contribution in [0.2, 0.25) is 0 Å². The van der Waals surface area contributed by atoms with Crippen LogP contribution in [0.15, 0.2) is 55.0 Å². The molecule has 0 radical (unpaired) electrons. The van der Waals surface area contributed by atoms with Crippen molar-refractivity contribution in [2.45, 2.75) is 24.4 Å². The number of carbonyl (C=O) groups is 1. The van der Waals surface area contributed by atoms with Crippen molar-refractivity contribution in [1.82, 2.24) is 15.0 Å². The van der Waals surface area contributed by atoms with Gasteiger partial charge in [0.2, 0.25) is 11.9 Å². The van der Waals surface area contributed by atoms with Crippen molar-refractivity contribution in [1.29, 1.82) is 0 Å². The number of primary amides is 1. The lowest BCUT2D eigenvalue weighted by molar-refractivity contribution is 0.0993.